The second-order valence-electron chi connectivity index (χ2n) is 4.73. The number of rotatable bonds is 7. The summed E-state index contributed by atoms with van der Waals surface area (Å²) in [6, 6.07) is 2.90. The zero-order valence-corrected chi connectivity index (χ0v) is 11.6. The monoisotopic (exact) mass is 287 g/mol. The van der Waals surface area contributed by atoms with Crippen LogP contribution in [0.15, 0.2) is 18.2 Å². The van der Waals surface area contributed by atoms with Crippen molar-refractivity contribution in [1.29, 1.82) is 0 Å². The van der Waals surface area contributed by atoms with E-state index < -0.39 is 23.1 Å². The average Bonchev–Trinajstić information content (AvgIpc) is 2.36. The van der Waals surface area contributed by atoms with Crippen molar-refractivity contribution in [3.8, 4) is 0 Å². The lowest BCUT2D eigenvalue weighted by molar-refractivity contribution is -0.126. The lowest BCUT2D eigenvalue weighted by Crippen LogP contribution is -2.40. The highest BCUT2D eigenvalue weighted by atomic mass is 19.1. The highest BCUT2D eigenvalue weighted by molar-refractivity contribution is 5.77. The highest BCUT2D eigenvalue weighted by Crippen LogP contribution is 2.23. The number of hydrogen-bond acceptors (Lipinski definition) is 3. The van der Waals surface area contributed by atoms with Crippen LogP contribution in [-0.2, 0) is 15.1 Å². The lowest BCUT2D eigenvalue weighted by Gasteiger charge is -2.24. The first-order valence-electron chi connectivity index (χ1n) is 6.39. The molecule has 1 unspecified atom stereocenters. The Morgan fingerprint density at radius 3 is 2.75 bits per heavy atom. The standard InChI is InChI=1S/C14H19F2NO3/c1-3-6-20-8-13(18)17-9-14(2,19)11-5-4-10(15)7-12(11)16/h4-5,7,19H,3,6,8-9H2,1-2H3,(H,17,18). The topological polar surface area (TPSA) is 58.6 Å². The Bertz CT molecular complexity index is 464. The van der Waals surface area contributed by atoms with Crippen molar-refractivity contribution >= 4 is 5.91 Å². The molecule has 0 saturated carbocycles. The molecule has 1 aromatic rings. The zero-order valence-electron chi connectivity index (χ0n) is 11.6. The first-order valence-corrected chi connectivity index (χ1v) is 6.39. The number of hydrogen-bond donors (Lipinski definition) is 2. The first-order chi connectivity index (χ1) is 9.36. The summed E-state index contributed by atoms with van der Waals surface area (Å²) >= 11 is 0. The van der Waals surface area contributed by atoms with E-state index in [1.807, 2.05) is 6.92 Å². The molecular weight excluding hydrogens is 268 g/mol. The van der Waals surface area contributed by atoms with Gasteiger partial charge >= 0.3 is 0 Å². The summed E-state index contributed by atoms with van der Waals surface area (Å²) in [5.74, 6) is -1.98. The number of carbonyl (C=O) groups is 1. The van der Waals surface area contributed by atoms with E-state index in [0.29, 0.717) is 12.7 Å². The molecule has 1 atom stereocenters. The molecule has 0 aromatic heterocycles. The molecule has 0 bridgehead atoms. The normalized spacial score (nSPS) is 13.8. The lowest BCUT2D eigenvalue weighted by atomic mass is 9.95. The molecule has 0 aliphatic rings. The third-order valence-electron chi connectivity index (χ3n) is 2.72. The van der Waals surface area contributed by atoms with Crippen molar-refractivity contribution in [2.24, 2.45) is 0 Å². The Morgan fingerprint density at radius 1 is 1.45 bits per heavy atom. The molecule has 1 amide bonds. The van der Waals surface area contributed by atoms with Crippen molar-refractivity contribution < 1.29 is 23.4 Å². The van der Waals surface area contributed by atoms with Gasteiger partial charge in [0.1, 0.15) is 23.8 Å². The maximum atomic E-state index is 13.6. The molecule has 1 rings (SSSR count). The quantitative estimate of drug-likeness (QED) is 0.751. The van der Waals surface area contributed by atoms with Crippen molar-refractivity contribution in [3.05, 3.63) is 35.4 Å². The molecule has 0 aliphatic heterocycles. The van der Waals surface area contributed by atoms with Gasteiger partial charge in [-0.3, -0.25) is 4.79 Å². The van der Waals surface area contributed by atoms with Crippen LogP contribution in [0.25, 0.3) is 0 Å². The molecule has 0 saturated heterocycles. The summed E-state index contributed by atoms with van der Waals surface area (Å²) in [6.45, 7) is 3.42. The number of nitrogens with one attached hydrogen (secondary N) is 1. The van der Waals surface area contributed by atoms with E-state index in [0.717, 1.165) is 18.6 Å². The molecule has 1 aromatic carbocycles. The summed E-state index contributed by atoms with van der Waals surface area (Å²) in [7, 11) is 0. The van der Waals surface area contributed by atoms with E-state index in [4.69, 9.17) is 4.74 Å². The molecular formula is C14H19F2NO3. The van der Waals surface area contributed by atoms with Gasteiger partial charge in [0.25, 0.3) is 0 Å². The molecule has 20 heavy (non-hydrogen) atoms. The fourth-order valence-corrected chi connectivity index (χ4v) is 1.65. The van der Waals surface area contributed by atoms with Crippen molar-refractivity contribution in [1.82, 2.24) is 5.32 Å². The second-order valence-corrected chi connectivity index (χ2v) is 4.73. The van der Waals surface area contributed by atoms with Crippen LogP contribution in [0.5, 0.6) is 0 Å². The maximum absolute atomic E-state index is 13.6. The predicted octanol–water partition coefficient (Wildman–Crippen LogP) is 1.72. The Kier molecular flexibility index (Phi) is 6.04. The van der Waals surface area contributed by atoms with Gasteiger partial charge in [-0.15, -0.1) is 0 Å². The molecule has 0 spiro atoms. The number of aliphatic hydroxyl groups is 1. The molecule has 112 valence electrons. The summed E-state index contributed by atoms with van der Waals surface area (Å²) < 4.78 is 31.4. The fourth-order valence-electron chi connectivity index (χ4n) is 1.65. The number of amides is 1. The third-order valence-corrected chi connectivity index (χ3v) is 2.72. The fraction of sp³-hybridized carbons (Fsp3) is 0.500. The van der Waals surface area contributed by atoms with Crippen LogP contribution in [0.1, 0.15) is 25.8 Å². The summed E-state index contributed by atoms with van der Waals surface area (Å²) in [5, 5.41) is 12.6. The van der Waals surface area contributed by atoms with E-state index >= 15 is 0 Å². The minimum atomic E-state index is -1.63. The Labute approximate surface area is 116 Å². The molecule has 0 radical (unpaired) electrons. The SMILES string of the molecule is CCCOCC(=O)NCC(C)(O)c1ccc(F)cc1F. The van der Waals surface area contributed by atoms with Crippen molar-refractivity contribution in [3.63, 3.8) is 0 Å². The van der Waals surface area contributed by atoms with E-state index in [9.17, 15) is 18.7 Å². The largest absolute Gasteiger partial charge is 0.383 e. The number of halogens is 2. The van der Waals surface area contributed by atoms with Gasteiger partial charge in [0, 0.05) is 18.2 Å². The summed E-state index contributed by atoms with van der Waals surface area (Å²) in [5.41, 5.74) is -1.70. The van der Waals surface area contributed by atoms with Crippen LogP contribution < -0.4 is 5.32 Å². The van der Waals surface area contributed by atoms with E-state index in [1.54, 1.807) is 0 Å². The Balaban J connectivity index is 2.58. The van der Waals surface area contributed by atoms with Crippen molar-refractivity contribution in [2.45, 2.75) is 25.9 Å². The Morgan fingerprint density at radius 2 is 2.15 bits per heavy atom. The molecule has 0 heterocycles. The molecule has 4 nitrogen and oxygen atoms in total. The number of ether oxygens (including phenoxy) is 1. The average molecular weight is 287 g/mol. The Hall–Kier alpha value is -1.53. The van der Waals surface area contributed by atoms with E-state index in [2.05, 4.69) is 5.32 Å². The van der Waals surface area contributed by atoms with Crippen LogP contribution in [0.2, 0.25) is 0 Å². The minimum absolute atomic E-state index is 0.0753. The second kappa shape index (κ2) is 7.31. The number of carbonyl (C=O) groups excluding carboxylic acids is 1. The molecule has 0 aliphatic carbocycles. The van der Waals surface area contributed by atoms with E-state index in [1.165, 1.54) is 6.92 Å². The van der Waals surface area contributed by atoms with Crippen LogP contribution in [0.3, 0.4) is 0 Å². The van der Waals surface area contributed by atoms with Gasteiger partial charge in [-0.05, 0) is 19.4 Å². The van der Waals surface area contributed by atoms with Gasteiger partial charge in [0.05, 0.1) is 6.54 Å². The maximum Gasteiger partial charge on any atom is 0.246 e. The smallest absolute Gasteiger partial charge is 0.246 e. The van der Waals surface area contributed by atoms with Crippen LogP contribution in [0.4, 0.5) is 8.78 Å². The first kappa shape index (κ1) is 16.5. The van der Waals surface area contributed by atoms with Gasteiger partial charge in [0.2, 0.25) is 5.91 Å². The molecule has 6 heteroatoms. The van der Waals surface area contributed by atoms with E-state index in [-0.39, 0.29) is 18.7 Å². The third kappa shape index (κ3) is 4.86. The van der Waals surface area contributed by atoms with Gasteiger partial charge in [-0.25, -0.2) is 8.78 Å². The minimum Gasteiger partial charge on any atom is -0.383 e. The number of benzene rings is 1. The molecule has 2 N–H and O–H groups in total. The van der Waals surface area contributed by atoms with Crippen LogP contribution >= 0.6 is 0 Å². The van der Waals surface area contributed by atoms with Gasteiger partial charge in [-0.2, -0.15) is 0 Å². The predicted molar refractivity (Wildman–Crippen MR) is 70.0 cm³/mol. The van der Waals surface area contributed by atoms with Gasteiger partial charge in [-0.1, -0.05) is 13.0 Å². The van der Waals surface area contributed by atoms with Gasteiger partial charge in [0.15, 0.2) is 0 Å². The van der Waals surface area contributed by atoms with Crippen LogP contribution in [-0.4, -0.2) is 30.8 Å². The van der Waals surface area contributed by atoms with Crippen molar-refractivity contribution in [2.75, 3.05) is 19.8 Å². The summed E-state index contributed by atoms with van der Waals surface area (Å²) in [6.07, 6.45) is 0.797. The van der Waals surface area contributed by atoms with Crippen LogP contribution in [0, 0.1) is 11.6 Å². The highest BCUT2D eigenvalue weighted by Gasteiger charge is 2.27. The van der Waals surface area contributed by atoms with Gasteiger partial charge < -0.3 is 15.2 Å². The summed E-state index contributed by atoms with van der Waals surface area (Å²) in [4.78, 5) is 11.4. The zero-order chi connectivity index (χ0) is 15.2. The molecule has 0 fully saturated rings.